The quantitative estimate of drug-likeness (QED) is 0.882. The fourth-order valence-corrected chi connectivity index (χ4v) is 2.58. The van der Waals surface area contributed by atoms with Crippen LogP contribution >= 0.6 is 12.4 Å². The van der Waals surface area contributed by atoms with Crippen molar-refractivity contribution in [3.63, 3.8) is 0 Å². The number of nitrogens with zero attached hydrogens (tertiary/aromatic N) is 1. The summed E-state index contributed by atoms with van der Waals surface area (Å²) in [5, 5.41) is 0. The van der Waals surface area contributed by atoms with Gasteiger partial charge >= 0.3 is 0 Å². The normalized spacial score (nSPS) is 15.4. The minimum atomic E-state index is -3.20. The number of amides is 1. The van der Waals surface area contributed by atoms with E-state index in [0.717, 1.165) is 5.56 Å². The molecule has 7 heteroatoms. The van der Waals surface area contributed by atoms with Crippen molar-refractivity contribution in [1.82, 2.24) is 4.90 Å². The number of sulfone groups is 1. The Morgan fingerprint density at radius 3 is 1.95 bits per heavy atom. The zero-order chi connectivity index (χ0) is 16.4. The molecule has 0 bridgehead atoms. The Balaban J connectivity index is 0.00000441. The fraction of sp³-hybridized carbons (Fsp3) is 0.533. The minimum absolute atomic E-state index is 0. The largest absolute Gasteiger partial charge is 0.339 e. The maximum absolute atomic E-state index is 12.3. The zero-order valence-electron chi connectivity index (χ0n) is 13.6. The van der Waals surface area contributed by atoms with Crippen LogP contribution in [0.15, 0.2) is 29.2 Å². The van der Waals surface area contributed by atoms with Gasteiger partial charge in [0.25, 0.3) is 0 Å². The summed E-state index contributed by atoms with van der Waals surface area (Å²) in [5.41, 5.74) is 6.65. The summed E-state index contributed by atoms with van der Waals surface area (Å²) in [6.45, 7) is 5.52. The van der Waals surface area contributed by atoms with Crippen LogP contribution in [-0.2, 0) is 14.6 Å². The number of carbonyl (C=O) groups excluding carboxylic acids is 1. The van der Waals surface area contributed by atoms with Crippen LogP contribution < -0.4 is 5.73 Å². The highest BCUT2D eigenvalue weighted by molar-refractivity contribution is 7.90. The molecule has 0 radical (unpaired) electrons. The molecule has 0 aliphatic heterocycles. The van der Waals surface area contributed by atoms with E-state index in [1.54, 1.807) is 36.2 Å². The van der Waals surface area contributed by atoms with E-state index in [4.69, 9.17) is 5.73 Å². The molecule has 0 heterocycles. The van der Waals surface area contributed by atoms with E-state index in [9.17, 15) is 13.2 Å². The molecular weight excluding hydrogens is 324 g/mol. The van der Waals surface area contributed by atoms with Crippen molar-refractivity contribution in [1.29, 1.82) is 0 Å². The van der Waals surface area contributed by atoms with Gasteiger partial charge in [-0.25, -0.2) is 8.42 Å². The Kier molecular flexibility index (Phi) is 7.54. The highest BCUT2D eigenvalue weighted by atomic mass is 35.5. The van der Waals surface area contributed by atoms with Crippen molar-refractivity contribution in [2.75, 3.05) is 13.3 Å². The van der Waals surface area contributed by atoms with Gasteiger partial charge in [-0.1, -0.05) is 19.1 Å². The third kappa shape index (κ3) is 4.97. The average molecular weight is 349 g/mol. The van der Waals surface area contributed by atoms with Crippen LogP contribution in [0.3, 0.4) is 0 Å². The molecule has 3 unspecified atom stereocenters. The Hall–Kier alpha value is -1.11. The standard InChI is InChI=1S/C15H24N2O3S.ClH/c1-10(11(2)16)15(18)17(4)12(3)13-6-8-14(9-7-13)21(5,19)20;/h6-12H,16H2,1-5H3;1H. The number of rotatable bonds is 5. The first-order chi connectivity index (χ1) is 9.55. The van der Waals surface area contributed by atoms with Crippen molar-refractivity contribution in [3.05, 3.63) is 29.8 Å². The first kappa shape index (κ1) is 20.9. The van der Waals surface area contributed by atoms with Gasteiger partial charge in [0.05, 0.1) is 16.9 Å². The highest BCUT2D eigenvalue weighted by Crippen LogP contribution is 2.22. The predicted molar refractivity (Wildman–Crippen MR) is 90.8 cm³/mol. The van der Waals surface area contributed by atoms with Gasteiger partial charge in [-0.05, 0) is 31.5 Å². The molecule has 5 nitrogen and oxygen atoms in total. The topological polar surface area (TPSA) is 80.5 Å². The van der Waals surface area contributed by atoms with E-state index in [2.05, 4.69) is 0 Å². The summed E-state index contributed by atoms with van der Waals surface area (Å²) in [4.78, 5) is 14.2. The Morgan fingerprint density at radius 2 is 1.59 bits per heavy atom. The predicted octanol–water partition coefficient (Wildman–Crippen LogP) is 2.01. The molecule has 0 saturated heterocycles. The average Bonchev–Trinajstić information content (AvgIpc) is 2.43. The molecule has 1 rings (SSSR count). The minimum Gasteiger partial charge on any atom is -0.339 e. The van der Waals surface area contributed by atoms with E-state index >= 15 is 0 Å². The molecule has 126 valence electrons. The summed E-state index contributed by atoms with van der Waals surface area (Å²) in [7, 11) is -1.47. The Bertz CT molecular complexity index is 600. The smallest absolute Gasteiger partial charge is 0.227 e. The van der Waals surface area contributed by atoms with Crippen molar-refractivity contribution in [3.8, 4) is 0 Å². The van der Waals surface area contributed by atoms with Gasteiger partial charge in [0.2, 0.25) is 5.91 Å². The van der Waals surface area contributed by atoms with E-state index in [1.807, 2.05) is 20.8 Å². The second-order valence-electron chi connectivity index (χ2n) is 5.61. The number of carbonyl (C=O) groups is 1. The van der Waals surface area contributed by atoms with Gasteiger partial charge in [-0.2, -0.15) is 0 Å². The number of hydrogen-bond donors (Lipinski definition) is 1. The van der Waals surface area contributed by atoms with Gasteiger partial charge in [0.15, 0.2) is 9.84 Å². The maximum atomic E-state index is 12.3. The van der Waals surface area contributed by atoms with E-state index in [-0.39, 0.29) is 41.2 Å². The lowest BCUT2D eigenvalue weighted by molar-refractivity contribution is -0.136. The van der Waals surface area contributed by atoms with Crippen molar-refractivity contribution in [2.45, 2.75) is 37.8 Å². The summed E-state index contributed by atoms with van der Waals surface area (Å²) in [6.07, 6.45) is 1.17. The lowest BCUT2D eigenvalue weighted by Gasteiger charge is -2.29. The molecule has 0 spiro atoms. The maximum Gasteiger partial charge on any atom is 0.227 e. The molecule has 0 aromatic heterocycles. The van der Waals surface area contributed by atoms with Crippen LogP contribution in [0.4, 0.5) is 0 Å². The van der Waals surface area contributed by atoms with Crippen molar-refractivity contribution in [2.24, 2.45) is 11.7 Å². The lowest BCUT2D eigenvalue weighted by Crippen LogP contribution is -2.40. The van der Waals surface area contributed by atoms with E-state index in [1.165, 1.54) is 6.26 Å². The van der Waals surface area contributed by atoms with Crippen LogP contribution in [0, 0.1) is 5.92 Å². The van der Waals surface area contributed by atoms with Crippen molar-refractivity contribution >= 4 is 28.2 Å². The van der Waals surface area contributed by atoms with Crippen LogP contribution in [0.2, 0.25) is 0 Å². The monoisotopic (exact) mass is 348 g/mol. The molecule has 2 N–H and O–H groups in total. The lowest BCUT2D eigenvalue weighted by atomic mass is 10.0. The van der Waals surface area contributed by atoms with Crippen molar-refractivity contribution < 1.29 is 13.2 Å². The van der Waals surface area contributed by atoms with Gasteiger partial charge in [0.1, 0.15) is 0 Å². The Morgan fingerprint density at radius 1 is 1.14 bits per heavy atom. The molecule has 1 amide bonds. The molecule has 1 aromatic carbocycles. The molecule has 0 aliphatic carbocycles. The Labute approximate surface area is 139 Å². The summed E-state index contributed by atoms with van der Waals surface area (Å²) in [6, 6.07) is 6.25. The highest BCUT2D eigenvalue weighted by Gasteiger charge is 2.24. The third-order valence-electron chi connectivity index (χ3n) is 3.90. The van der Waals surface area contributed by atoms with Crippen LogP contribution in [0.5, 0.6) is 0 Å². The summed E-state index contributed by atoms with van der Waals surface area (Å²) < 4.78 is 22.9. The van der Waals surface area contributed by atoms with Crippen LogP contribution in [0.25, 0.3) is 0 Å². The first-order valence-corrected chi connectivity index (χ1v) is 8.77. The second-order valence-corrected chi connectivity index (χ2v) is 7.63. The van der Waals surface area contributed by atoms with Gasteiger partial charge < -0.3 is 10.6 Å². The zero-order valence-corrected chi connectivity index (χ0v) is 15.2. The van der Waals surface area contributed by atoms with Crippen LogP contribution in [0.1, 0.15) is 32.4 Å². The number of benzene rings is 1. The summed E-state index contributed by atoms with van der Waals surface area (Å²) >= 11 is 0. The summed E-state index contributed by atoms with van der Waals surface area (Å²) in [5.74, 6) is -0.280. The first-order valence-electron chi connectivity index (χ1n) is 6.88. The van der Waals surface area contributed by atoms with Gasteiger partial charge in [-0.15, -0.1) is 12.4 Å². The van der Waals surface area contributed by atoms with Gasteiger partial charge in [-0.3, -0.25) is 4.79 Å². The molecule has 22 heavy (non-hydrogen) atoms. The van der Waals surface area contributed by atoms with Crippen LogP contribution in [-0.4, -0.2) is 38.6 Å². The molecule has 0 fully saturated rings. The molecule has 0 saturated carbocycles. The SMILES string of the molecule is CC(N)C(C)C(=O)N(C)C(C)c1ccc(S(C)(=O)=O)cc1.Cl. The molecule has 0 aliphatic rings. The number of hydrogen-bond acceptors (Lipinski definition) is 4. The molecule has 1 aromatic rings. The second kappa shape index (κ2) is 7.94. The number of halogens is 1. The van der Waals surface area contributed by atoms with E-state index < -0.39 is 9.84 Å². The number of nitrogens with two attached hydrogens (primary N) is 1. The van der Waals surface area contributed by atoms with E-state index in [0.29, 0.717) is 0 Å². The van der Waals surface area contributed by atoms with Gasteiger partial charge in [0, 0.05) is 19.3 Å². The molecule has 3 atom stereocenters. The molecular formula is C15H25ClN2O3S. The fourth-order valence-electron chi connectivity index (χ4n) is 1.95. The third-order valence-corrected chi connectivity index (χ3v) is 5.03.